The van der Waals surface area contributed by atoms with Crippen molar-refractivity contribution >= 4 is 24.0 Å². The van der Waals surface area contributed by atoms with Gasteiger partial charge in [-0.2, -0.15) is 0 Å². The number of nitrogens with zero attached hydrogens (tertiary/aromatic N) is 1. The second kappa shape index (κ2) is 17.6. The van der Waals surface area contributed by atoms with Crippen molar-refractivity contribution in [2.75, 3.05) is 7.11 Å². The average Bonchev–Trinajstić information content (AvgIpc) is 3.05. The van der Waals surface area contributed by atoms with Gasteiger partial charge in [0.2, 0.25) is 11.8 Å². The van der Waals surface area contributed by atoms with Crippen LogP contribution in [-0.4, -0.2) is 76.6 Å². The highest BCUT2D eigenvalue weighted by atomic mass is 16.5. The fraction of sp³-hybridized carbons (Fsp3) is 0.447. The zero-order valence-electron chi connectivity index (χ0n) is 29.9. The van der Waals surface area contributed by atoms with E-state index in [4.69, 9.17) is 4.74 Å². The smallest absolute Gasteiger partial charge is 0.407 e. The molecule has 2 unspecified atom stereocenters. The topological polar surface area (TPSA) is 179 Å². The number of carbonyl (C=O) groups excluding carboxylic acids is 3. The first-order valence-corrected chi connectivity index (χ1v) is 16.6. The highest BCUT2D eigenvalue weighted by Crippen LogP contribution is 2.23. The Bertz CT molecular complexity index is 1550. The van der Waals surface area contributed by atoms with Gasteiger partial charge in [-0.1, -0.05) is 102 Å². The van der Waals surface area contributed by atoms with Crippen LogP contribution in [-0.2, 0) is 27.2 Å². The molecule has 3 aromatic rings. The van der Waals surface area contributed by atoms with Crippen molar-refractivity contribution < 1.29 is 34.1 Å². The third kappa shape index (κ3) is 12.2. The zero-order valence-corrected chi connectivity index (χ0v) is 29.9. The molecule has 5 atom stereocenters. The van der Waals surface area contributed by atoms with E-state index >= 15 is 0 Å². The van der Waals surface area contributed by atoms with Crippen molar-refractivity contribution in [3.63, 3.8) is 0 Å². The summed E-state index contributed by atoms with van der Waals surface area (Å²) in [6.45, 7) is 10.7. The van der Waals surface area contributed by atoms with Crippen LogP contribution in [0.3, 0.4) is 0 Å². The SMILES string of the molecule is COC(=O)NC(C(=O)NC(Cc1ccc(-c2ccccn2)cc1)C[C@H](O)[C@H](Cc1ccccc1)NC(=O)[C@@H](NC(=O)O)C(C)(C)C)C(C)(C)C. The summed E-state index contributed by atoms with van der Waals surface area (Å²) >= 11 is 0. The predicted octanol–water partition coefficient (Wildman–Crippen LogP) is 4.71. The summed E-state index contributed by atoms with van der Waals surface area (Å²) in [7, 11) is 1.22. The number of aromatic nitrogens is 1. The van der Waals surface area contributed by atoms with E-state index in [1.54, 1.807) is 27.0 Å². The number of methoxy groups -OCH3 is 1. The number of benzene rings is 2. The minimum Gasteiger partial charge on any atom is -0.465 e. The van der Waals surface area contributed by atoms with Crippen LogP contribution < -0.4 is 21.3 Å². The molecule has 0 bridgehead atoms. The van der Waals surface area contributed by atoms with E-state index in [2.05, 4.69) is 26.3 Å². The van der Waals surface area contributed by atoms with E-state index in [-0.39, 0.29) is 12.8 Å². The Morgan fingerprint density at radius 3 is 1.82 bits per heavy atom. The maximum absolute atomic E-state index is 13.8. The third-order valence-corrected chi connectivity index (χ3v) is 8.33. The van der Waals surface area contributed by atoms with Gasteiger partial charge in [0.15, 0.2) is 0 Å². The van der Waals surface area contributed by atoms with Crippen LogP contribution in [0.4, 0.5) is 9.59 Å². The molecule has 12 nitrogen and oxygen atoms in total. The molecule has 0 aliphatic rings. The minimum atomic E-state index is -1.34. The van der Waals surface area contributed by atoms with Gasteiger partial charge in [-0.05, 0) is 53.4 Å². The van der Waals surface area contributed by atoms with E-state index in [1.807, 2.05) is 93.6 Å². The summed E-state index contributed by atoms with van der Waals surface area (Å²) in [5.41, 5.74) is 1.99. The van der Waals surface area contributed by atoms with E-state index < -0.39 is 65.1 Å². The molecule has 12 heteroatoms. The van der Waals surface area contributed by atoms with Crippen LogP contribution >= 0.6 is 0 Å². The molecular formula is C38H51N5O7. The number of carboxylic acid groups (broad SMARTS) is 1. The molecule has 0 aliphatic heterocycles. The molecule has 0 saturated heterocycles. The number of hydrogen-bond acceptors (Lipinski definition) is 7. The molecule has 270 valence electrons. The van der Waals surface area contributed by atoms with Crippen molar-refractivity contribution in [3.05, 3.63) is 90.1 Å². The first-order chi connectivity index (χ1) is 23.5. The molecule has 1 heterocycles. The Morgan fingerprint density at radius 1 is 0.720 bits per heavy atom. The van der Waals surface area contributed by atoms with Crippen LogP contribution in [0.5, 0.6) is 0 Å². The lowest BCUT2D eigenvalue weighted by Crippen LogP contribution is -2.58. The van der Waals surface area contributed by atoms with Gasteiger partial charge in [0, 0.05) is 17.8 Å². The fourth-order valence-electron chi connectivity index (χ4n) is 5.63. The number of pyridine rings is 1. The van der Waals surface area contributed by atoms with Gasteiger partial charge in [0.1, 0.15) is 12.1 Å². The number of aliphatic hydroxyl groups is 1. The summed E-state index contributed by atoms with van der Waals surface area (Å²) in [5, 5.41) is 32.1. The second-order valence-electron chi connectivity index (χ2n) is 14.6. The van der Waals surface area contributed by atoms with Crippen LogP contribution in [0.1, 0.15) is 59.1 Å². The van der Waals surface area contributed by atoms with Crippen LogP contribution in [0.25, 0.3) is 11.3 Å². The van der Waals surface area contributed by atoms with E-state index in [9.17, 15) is 29.4 Å². The number of alkyl carbamates (subject to hydrolysis) is 1. The van der Waals surface area contributed by atoms with Gasteiger partial charge in [0.05, 0.1) is 24.9 Å². The highest BCUT2D eigenvalue weighted by Gasteiger charge is 2.37. The maximum atomic E-state index is 13.8. The van der Waals surface area contributed by atoms with Crippen molar-refractivity contribution in [2.24, 2.45) is 10.8 Å². The molecule has 0 saturated carbocycles. The van der Waals surface area contributed by atoms with Gasteiger partial charge in [-0.25, -0.2) is 9.59 Å². The molecule has 6 N–H and O–H groups in total. The average molecular weight is 690 g/mol. The van der Waals surface area contributed by atoms with Crippen molar-refractivity contribution in [1.29, 1.82) is 0 Å². The van der Waals surface area contributed by atoms with Gasteiger partial charge >= 0.3 is 12.2 Å². The predicted molar refractivity (Wildman–Crippen MR) is 191 cm³/mol. The van der Waals surface area contributed by atoms with Crippen LogP contribution in [0, 0.1) is 10.8 Å². The Balaban J connectivity index is 1.95. The number of ether oxygens (including phenoxy) is 1. The number of hydrogen-bond donors (Lipinski definition) is 6. The minimum absolute atomic E-state index is 0.0210. The molecule has 4 amide bonds. The van der Waals surface area contributed by atoms with Crippen molar-refractivity contribution in [3.8, 4) is 11.3 Å². The zero-order chi connectivity index (χ0) is 37.1. The van der Waals surface area contributed by atoms with E-state index in [1.165, 1.54) is 7.11 Å². The second-order valence-corrected chi connectivity index (χ2v) is 14.6. The molecular weight excluding hydrogens is 638 g/mol. The monoisotopic (exact) mass is 689 g/mol. The number of carbonyl (C=O) groups is 4. The van der Waals surface area contributed by atoms with Crippen molar-refractivity contribution in [1.82, 2.24) is 26.3 Å². The summed E-state index contributed by atoms with van der Waals surface area (Å²) < 4.78 is 4.77. The summed E-state index contributed by atoms with van der Waals surface area (Å²) in [4.78, 5) is 55.6. The van der Waals surface area contributed by atoms with Gasteiger partial charge in [-0.3, -0.25) is 14.6 Å². The largest absolute Gasteiger partial charge is 0.465 e. The van der Waals surface area contributed by atoms with Crippen molar-refractivity contribution in [2.45, 2.75) is 91.1 Å². The number of aliphatic hydroxyl groups excluding tert-OH is 1. The molecule has 3 rings (SSSR count). The van der Waals surface area contributed by atoms with Gasteiger partial charge < -0.3 is 36.2 Å². The molecule has 2 aromatic carbocycles. The fourth-order valence-corrected chi connectivity index (χ4v) is 5.63. The first kappa shape index (κ1) is 39.5. The summed E-state index contributed by atoms with van der Waals surface area (Å²) in [6.07, 6.45) is -0.974. The lowest BCUT2D eigenvalue weighted by atomic mass is 9.85. The Morgan fingerprint density at radius 2 is 1.28 bits per heavy atom. The summed E-state index contributed by atoms with van der Waals surface area (Å²) in [5.74, 6) is -1.05. The molecule has 50 heavy (non-hydrogen) atoms. The number of amides is 4. The maximum Gasteiger partial charge on any atom is 0.407 e. The molecule has 0 radical (unpaired) electrons. The quantitative estimate of drug-likeness (QED) is 0.141. The van der Waals surface area contributed by atoms with E-state index in [0.29, 0.717) is 6.42 Å². The third-order valence-electron chi connectivity index (χ3n) is 8.33. The van der Waals surface area contributed by atoms with Crippen LogP contribution in [0.15, 0.2) is 79.0 Å². The molecule has 1 aromatic heterocycles. The summed E-state index contributed by atoms with van der Waals surface area (Å²) in [6, 6.07) is 19.1. The highest BCUT2D eigenvalue weighted by molar-refractivity contribution is 5.87. The number of rotatable bonds is 14. The molecule has 0 aliphatic carbocycles. The number of nitrogens with one attached hydrogen (secondary N) is 4. The first-order valence-electron chi connectivity index (χ1n) is 16.6. The van der Waals surface area contributed by atoms with Gasteiger partial charge in [0.25, 0.3) is 0 Å². The lowest BCUT2D eigenvalue weighted by Gasteiger charge is -2.34. The van der Waals surface area contributed by atoms with E-state index in [0.717, 1.165) is 22.4 Å². The van der Waals surface area contributed by atoms with Gasteiger partial charge in [-0.15, -0.1) is 0 Å². The molecule has 0 fully saturated rings. The standard InChI is InChI=1S/C38H51N5O7/c1-37(2,3)31(42-35(47)48)34(46)41-29(22-24-13-9-8-10-14-24)30(44)23-27(40-33(45)32(38(4,5)6)43-36(49)50-7)21-25-16-18-26(19-17-25)28-15-11-12-20-39-28/h8-20,27,29-32,42,44H,21-23H2,1-7H3,(H,40,45)(H,41,46)(H,43,49)(H,47,48)/t27?,29-,30-,31+,32?/m0/s1. The Kier molecular flexibility index (Phi) is 13.9. The Hall–Kier alpha value is -4.97. The molecule has 0 spiro atoms. The normalized spacial score (nSPS) is 14.6. The van der Waals surface area contributed by atoms with Crippen LogP contribution in [0.2, 0.25) is 0 Å². The Labute approximate surface area is 294 Å². The lowest BCUT2D eigenvalue weighted by molar-refractivity contribution is -0.128.